The number of rotatable bonds is 2. The van der Waals surface area contributed by atoms with Gasteiger partial charge in [0.1, 0.15) is 5.02 Å². The molecule has 2 rings (SSSR count). The van der Waals surface area contributed by atoms with Crippen LogP contribution in [0.25, 0.3) is 0 Å². The first kappa shape index (κ1) is 13.3. The molecule has 2 atom stereocenters. The number of nitrogen functional groups attached to an aromatic ring is 2. The average molecular weight is 273 g/mol. The monoisotopic (exact) mass is 272 g/mol. The van der Waals surface area contributed by atoms with Gasteiger partial charge in [0.25, 0.3) is 0 Å². The SMILES string of the molecule is CC1CCCC(Oc2c(N)cc(N)c(Cl)c2F)C1. The molecule has 1 aliphatic rings. The maximum atomic E-state index is 14.0. The lowest BCUT2D eigenvalue weighted by Crippen LogP contribution is -2.25. The van der Waals surface area contributed by atoms with E-state index in [0.29, 0.717) is 5.92 Å². The summed E-state index contributed by atoms with van der Waals surface area (Å²) in [7, 11) is 0. The van der Waals surface area contributed by atoms with E-state index in [2.05, 4.69) is 6.92 Å². The molecule has 1 fully saturated rings. The maximum Gasteiger partial charge on any atom is 0.187 e. The van der Waals surface area contributed by atoms with Gasteiger partial charge < -0.3 is 16.2 Å². The summed E-state index contributed by atoms with van der Waals surface area (Å²) >= 11 is 5.77. The van der Waals surface area contributed by atoms with Crippen LogP contribution in [0.15, 0.2) is 6.07 Å². The molecular formula is C13H18ClFN2O. The zero-order valence-corrected chi connectivity index (χ0v) is 11.1. The van der Waals surface area contributed by atoms with Gasteiger partial charge in [-0.05, 0) is 31.2 Å². The Bertz CT molecular complexity index is 453. The Morgan fingerprint density at radius 3 is 2.72 bits per heavy atom. The predicted octanol–water partition coefficient (Wildman–Crippen LogP) is 3.60. The van der Waals surface area contributed by atoms with Crippen molar-refractivity contribution in [2.24, 2.45) is 5.92 Å². The molecule has 0 heterocycles. The van der Waals surface area contributed by atoms with E-state index in [1.807, 2.05) is 0 Å². The third kappa shape index (κ3) is 2.64. The normalized spacial score (nSPS) is 23.9. The van der Waals surface area contributed by atoms with Crippen LogP contribution < -0.4 is 16.2 Å². The minimum atomic E-state index is -0.660. The summed E-state index contributed by atoms with van der Waals surface area (Å²) in [5.41, 5.74) is 11.6. The van der Waals surface area contributed by atoms with Crippen molar-refractivity contribution in [1.82, 2.24) is 0 Å². The van der Waals surface area contributed by atoms with Crippen LogP contribution in [0.1, 0.15) is 32.6 Å². The molecule has 0 amide bonds. The lowest BCUT2D eigenvalue weighted by atomic mass is 9.89. The molecule has 0 aromatic heterocycles. The van der Waals surface area contributed by atoms with E-state index >= 15 is 0 Å². The lowest BCUT2D eigenvalue weighted by Gasteiger charge is -2.28. The third-order valence-corrected chi connectivity index (χ3v) is 3.78. The molecule has 5 heteroatoms. The van der Waals surface area contributed by atoms with E-state index in [-0.39, 0.29) is 28.3 Å². The second-order valence-electron chi connectivity index (χ2n) is 5.02. The molecule has 0 bridgehead atoms. The van der Waals surface area contributed by atoms with E-state index in [4.69, 9.17) is 27.8 Å². The average Bonchev–Trinajstić information content (AvgIpc) is 2.32. The molecule has 1 aromatic rings. The fourth-order valence-corrected chi connectivity index (χ4v) is 2.56. The Kier molecular flexibility index (Phi) is 3.85. The van der Waals surface area contributed by atoms with Gasteiger partial charge in [-0.15, -0.1) is 0 Å². The summed E-state index contributed by atoms with van der Waals surface area (Å²) in [6.07, 6.45) is 4.13. The summed E-state index contributed by atoms with van der Waals surface area (Å²) in [4.78, 5) is 0. The summed E-state index contributed by atoms with van der Waals surface area (Å²) < 4.78 is 19.6. The Balaban J connectivity index is 2.21. The molecule has 4 N–H and O–H groups in total. The van der Waals surface area contributed by atoms with Crippen molar-refractivity contribution in [2.75, 3.05) is 11.5 Å². The van der Waals surface area contributed by atoms with Crippen molar-refractivity contribution >= 4 is 23.0 Å². The number of halogens is 2. The maximum absolute atomic E-state index is 14.0. The van der Waals surface area contributed by atoms with Gasteiger partial charge in [-0.1, -0.05) is 24.9 Å². The highest BCUT2D eigenvalue weighted by Gasteiger charge is 2.24. The summed E-state index contributed by atoms with van der Waals surface area (Å²) in [6.45, 7) is 2.17. The fraction of sp³-hybridized carbons (Fsp3) is 0.538. The zero-order chi connectivity index (χ0) is 13.3. The Morgan fingerprint density at radius 2 is 2.06 bits per heavy atom. The van der Waals surface area contributed by atoms with Crippen LogP contribution in [0.4, 0.5) is 15.8 Å². The van der Waals surface area contributed by atoms with Crippen LogP contribution in [0, 0.1) is 11.7 Å². The van der Waals surface area contributed by atoms with Gasteiger partial charge in [0.15, 0.2) is 11.6 Å². The summed E-state index contributed by atoms with van der Waals surface area (Å²) in [5.74, 6) is -0.0296. The first-order chi connectivity index (χ1) is 8.49. The van der Waals surface area contributed by atoms with Crippen molar-refractivity contribution in [3.8, 4) is 5.75 Å². The van der Waals surface area contributed by atoms with Gasteiger partial charge in [0, 0.05) is 0 Å². The van der Waals surface area contributed by atoms with Gasteiger partial charge >= 0.3 is 0 Å². The van der Waals surface area contributed by atoms with E-state index in [1.54, 1.807) is 0 Å². The molecule has 0 radical (unpaired) electrons. The second-order valence-corrected chi connectivity index (χ2v) is 5.40. The highest BCUT2D eigenvalue weighted by Crippen LogP contribution is 2.37. The van der Waals surface area contributed by atoms with Gasteiger partial charge in [-0.25, -0.2) is 4.39 Å². The minimum Gasteiger partial charge on any atom is -0.485 e. The van der Waals surface area contributed by atoms with E-state index in [9.17, 15) is 4.39 Å². The topological polar surface area (TPSA) is 61.3 Å². The van der Waals surface area contributed by atoms with Crippen LogP contribution in [0.5, 0.6) is 5.75 Å². The highest BCUT2D eigenvalue weighted by molar-refractivity contribution is 6.33. The van der Waals surface area contributed by atoms with Crippen LogP contribution in [-0.4, -0.2) is 6.10 Å². The molecule has 1 aliphatic carbocycles. The summed E-state index contributed by atoms with van der Waals surface area (Å²) in [5, 5.41) is -0.122. The van der Waals surface area contributed by atoms with Gasteiger partial charge in [0.05, 0.1) is 17.5 Å². The lowest BCUT2D eigenvalue weighted by molar-refractivity contribution is 0.125. The molecule has 18 heavy (non-hydrogen) atoms. The predicted molar refractivity (Wildman–Crippen MR) is 72.3 cm³/mol. The molecule has 0 aliphatic heterocycles. The minimum absolute atomic E-state index is 0.00485. The van der Waals surface area contributed by atoms with Crippen LogP contribution >= 0.6 is 11.6 Å². The molecule has 0 saturated heterocycles. The van der Waals surface area contributed by atoms with E-state index in [1.165, 1.54) is 12.5 Å². The van der Waals surface area contributed by atoms with E-state index < -0.39 is 5.82 Å². The standard InChI is InChI=1S/C13H18ClFN2O/c1-7-3-2-4-8(5-7)18-13-10(17)6-9(16)11(14)12(13)15/h6-8H,2-5,16-17H2,1H3. The molecular weight excluding hydrogens is 255 g/mol. The number of anilines is 2. The zero-order valence-electron chi connectivity index (χ0n) is 10.4. The first-order valence-corrected chi connectivity index (χ1v) is 6.56. The smallest absolute Gasteiger partial charge is 0.187 e. The first-order valence-electron chi connectivity index (χ1n) is 6.18. The van der Waals surface area contributed by atoms with Crippen LogP contribution in [0.2, 0.25) is 5.02 Å². The molecule has 3 nitrogen and oxygen atoms in total. The number of benzene rings is 1. The third-order valence-electron chi connectivity index (χ3n) is 3.39. The molecule has 100 valence electrons. The molecule has 1 aromatic carbocycles. The quantitative estimate of drug-likeness (QED) is 0.809. The number of nitrogens with two attached hydrogens (primary N) is 2. The van der Waals surface area contributed by atoms with Gasteiger partial charge in [-0.3, -0.25) is 0 Å². The van der Waals surface area contributed by atoms with Crippen LogP contribution in [0.3, 0.4) is 0 Å². The fourth-order valence-electron chi connectivity index (χ4n) is 2.42. The number of ether oxygens (including phenoxy) is 1. The molecule has 2 unspecified atom stereocenters. The number of hydrogen-bond donors (Lipinski definition) is 2. The highest BCUT2D eigenvalue weighted by atomic mass is 35.5. The van der Waals surface area contributed by atoms with Gasteiger partial charge in [-0.2, -0.15) is 0 Å². The van der Waals surface area contributed by atoms with Crippen molar-refractivity contribution in [3.05, 3.63) is 16.9 Å². The Hall–Kier alpha value is -1.16. The summed E-state index contributed by atoms with van der Waals surface area (Å²) in [6, 6.07) is 1.44. The largest absolute Gasteiger partial charge is 0.485 e. The molecule has 0 spiro atoms. The second kappa shape index (κ2) is 5.22. The Labute approximate surface area is 111 Å². The van der Waals surface area contributed by atoms with Crippen molar-refractivity contribution < 1.29 is 9.13 Å². The van der Waals surface area contributed by atoms with Crippen molar-refractivity contribution in [3.63, 3.8) is 0 Å². The molecule has 1 saturated carbocycles. The Morgan fingerprint density at radius 1 is 1.33 bits per heavy atom. The van der Waals surface area contributed by atoms with E-state index in [0.717, 1.165) is 19.3 Å². The van der Waals surface area contributed by atoms with Crippen molar-refractivity contribution in [2.45, 2.75) is 38.7 Å². The van der Waals surface area contributed by atoms with Crippen molar-refractivity contribution in [1.29, 1.82) is 0 Å². The van der Waals surface area contributed by atoms with Gasteiger partial charge in [0.2, 0.25) is 0 Å². The number of hydrogen-bond acceptors (Lipinski definition) is 3. The van der Waals surface area contributed by atoms with Crippen LogP contribution in [-0.2, 0) is 0 Å².